The average molecular weight is 253 g/mol. The molecule has 1 aliphatic rings. The van der Waals surface area contributed by atoms with E-state index in [4.69, 9.17) is 4.55 Å². The first-order valence-corrected chi connectivity index (χ1v) is 7.34. The standard InChI is InChI=1S/C13H19NO2S/c1-11-6-8-14(9-7-11)13-4-2-12(3-5-13)10-17(15)16/h2-5,11H,6-10H2,1H3,(H,15,16). The molecule has 0 spiro atoms. The summed E-state index contributed by atoms with van der Waals surface area (Å²) in [7, 11) is 0. The van der Waals surface area contributed by atoms with Crippen molar-refractivity contribution in [2.75, 3.05) is 18.0 Å². The minimum absolute atomic E-state index is 0.220. The summed E-state index contributed by atoms with van der Waals surface area (Å²) in [5.74, 6) is 1.06. The van der Waals surface area contributed by atoms with Crippen LogP contribution in [0.2, 0.25) is 0 Å². The third kappa shape index (κ3) is 3.54. The lowest BCUT2D eigenvalue weighted by atomic mass is 9.99. The Kier molecular flexibility index (Phi) is 4.18. The van der Waals surface area contributed by atoms with E-state index in [1.54, 1.807) is 0 Å². The van der Waals surface area contributed by atoms with E-state index >= 15 is 0 Å². The molecule has 0 bridgehead atoms. The third-order valence-electron chi connectivity index (χ3n) is 3.38. The molecule has 1 fully saturated rings. The fourth-order valence-corrected chi connectivity index (χ4v) is 2.69. The molecule has 1 atom stereocenters. The summed E-state index contributed by atoms with van der Waals surface area (Å²) in [6, 6.07) is 8.00. The highest BCUT2D eigenvalue weighted by atomic mass is 32.2. The zero-order valence-corrected chi connectivity index (χ0v) is 10.9. The fraction of sp³-hybridized carbons (Fsp3) is 0.538. The molecule has 94 valence electrons. The summed E-state index contributed by atoms with van der Waals surface area (Å²) in [5.41, 5.74) is 2.14. The van der Waals surface area contributed by atoms with Crippen LogP contribution in [0.15, 0.2) is 24.3 Å². The van der Waals surface area contributed by atoms with Crippen LogP contribution in [0.1, 0.15) is 25.3 Å². The van der Waals surface area contributed by atoms with Gasteiger partial charge in [-0.15, -0.1) is 0 Å². The predicted molar refractivity (Wildman–Crippen MR) is 71.5 cm³/mol. The first-order valence-electron chi connectivity index (χ1n) is 6.06. The van der Waals surface area contributed by atoms with Gasteiger partial charge in [0.2, 0.25) is 0 Å². The van der Waals surface area contributed by atoms with E-state index < -0.39 is 11.1 Å². The second kappa shape index (κ2) is 5.65. The lowest BCUT2D eigenvalue weighted by Gasteiger charge is -2.32. The number of hydrogen-bond donors (Lipinski definition) is 1. The van der Waals surface area contributed by atoms with Crippen molar-refractivity contribution in [3.05, 3.63) is 29.8 Å². The number of piperidine rings is 1. The quantitative estimate of drug-likeness (QED) is 0.842. The third-order valence-corrected chi connectivity index (χ3v) is 3.96. The molecule has 1 unspecified atom stereocenters. The highest BCUT2D eigenvalue weighted by Crippen LogP contribution is 2.23. The minimum Gasteiger partial charge on any atom is -0.372 e. The maximum absolute atomic E-state index is 10.7. The molecule has 2 rings (SSSR count). The van der Waals surface area contributed by atoms with Gasteiger partial charge >= 0.3 is 0 Å². The smallest absolute Gasteiger partial charge is 0.157 e. The number of rotatable bonds is 3. The minimum atomic E-state index is -1.75. The molecule has 1 N–H and O–H groups in total. The normalized spacial score (nSPS) is 19.3. The van der Waals surface area contributed by atoms with Crippen LogP contribution in [0.4, 0.5) is 5.69 Å². The summed E-state index contributed by atoms with van der Waals surface area (Å²) < 4.78 is 19.5. The fourth-order valence-electron chi connectivity index (χ4n) is 2.21. The number of hydrogen-bond acceptors (Lipinski definition) is 2. The van der Waals surface area contributed by atoms with Gasteiger partial charge in [0.15, 0.2) is 11.1 Å². The summed E-state index contributed by atoms with van der Waals surface area (Å²) in [4.78, 5) is 2.39. The van der Waals surface area contributed by atoms with Crippen molar-refractivity contribution < 1.29 is 8.76 Å². The first-order chi connectivity index (χ1) is 8.15. The molecule has 0 radical (unpaired) electrons. The molecule has 1 aromatic carbocycles. The van der Waals surface area contributed by atoms with Crippen molar-refractivity contribution in [1.82, 2.24) is 0 Å². The molecule has 17 heavy (non-hydrogen) atoms. The highest BCUT2D eigenvalue weighted by molar-refractivity contribution is 7.78. The summed E-state index contributed by atoms with van der Waals surface area (Å²) in [6.45, 7) is 4.54. The highest BCUT2D eigenvalue weighted by Gasteiger charge is 2.15. The second-order valence-electron chi connectivity index (χ2n) is 4.80. The molecule has 0 saturated carbocycles. The zero-order chi connectivity index (χ0) is 12.3. The molecular weight excluding hydrogens is 234 g/mol. The molecule has 1 aromatic rings. The Bertz CT molecular complexity index is 383. The Morgan fingerprint density at radius 2 is 1.88 bits per heavy atom. The van der Waals surface area contributed by atoms with Crippen molar-refractivity contribution in [3.8, 4) is 0 Å². The Morgan fingerprint density at radius 3 is 2.41 bits per heavy atom. The van der Waals surface area contributed by atoms with Crippen LogP contribution in [0.3, 0.4) is 0 Å². The molecule has 4 heteroatoms. The Morgan fingerprint density at radius 1 is 1.29 bits per heavy atom. The molecule has 0 amide bonds. The van der Waals surface area contributed by atoms with Crippen molar-refractivity contribution >= 4 is 16.8 Å². The van der Waals surface area contributed by atoms with Crippen LogP contribution in [0, 0.1) is 5.92 Å². The molecule has 3 nitrogen and oxygen atoms in total. The van der Waals surface area contributed by atoms with E-state index in [9.17, 15) is 4.21 Å². The van der Waals surface area contributed by atoms with Crippen LogP contribution in [-0.2, 0) is 16.8 Å². The van der Waals surface area contributed by atoms with Gasteiger partial charge in [-0.2, -0.15) is 0 Å². The molecule has 0 aromatic heterocycles. The summed E-state index contributed by atoms with van der Waals surface area (Å²) in [5, 5.41) is 0. The molecule has 1 saturated heterocycles. The molecular formula is C13H19NO2S. The van der Waals surface area contributed by atoms with Gasteiger partial charge in [0.25, 0.3) is 0 Å². The van der Waals surface area contributed by atoms with Crippen LogP contribution in [0.25, 0.3) is 0 Å². The number of nitrogens with zero attached hydrogens (tertiary/aromatic N) is 1. The largest absolute Gasteiger partial charge is 0.372 e. The van der Waals surface area contributed by atoms with Gasteiger partial charge in [-0.3, -0.25) is 0 Å². The molecule has 0 aliphatic carbocycles. The van der Waals surface area contributed by atoms with Gasteiger partial charge in [-0.25, -0.2) is 4.21 Å². The maximum Gasteiger partial charge on any atom is 0.157 e. The van der Waals surface area contributed by atoms with E-state index in [0.717, 1.165) is 24.6 Å². The average Bonchev–Trinajstić information content (AvgIpc) is 2.30. The summed E-state index contributed by atoms with van der Waals surface area (Å²) >= 11 is -1.75. The van der Waals surface area contributed by atoms with Gasteiger partial charge in [0, 0.05) is 18.8 Å². The van der Waals surface area contributed by atoms with Crippen LogP contribution in [0.5, 0.6) is 0 Å². The topological polar surface area (TPSA) is 40.5 Å². The lowest BCUT2D eigenvalue weighted by molar-refractivity contribution is 0.438. The first kappa shape index (κ1) is 12.6. The van der Waals surface area contributed by atoms with Gasteiger partial charge in [-0.05, 0) is 36.5 Å². The Balaban J connectivity index is 2.00. The SMILES string of the molecule is CC1CCN(c2ccc(CS(=O)O)cc2)CC1. The van der Waals surface area contributed by atoms with Gasteiger partial charge in [0.1, 0.15) is 0 Å². The predicted octanol–water partition coefficient (Wildman–Crippen LogP) is 2.64. The Hall–Kier alpha value is -0.870. The van der Waals surface area contributed by atoms with E-state index in [1.807, 2.05) is 12.1 Å². The van der Waals surface area contributed by atoms with Crippen molar-refractivity contribution in [3.63, 3.8) is 0 Å². The van der Waals surface area contributed by atoms with Gasteiger partial charge in [0.05, 0.1) is 5.75 Å². The van der Waals surface area contributed by atoms with E-state index in [0.29, 0.717) is 0 Å². The number of benzene rings is 1. The van der Waals surface area contributed by atoms with E-state index in [1.165, 1.54) is 18.5 Å². The number of anilines is 1. The summed E-state index contributed by atoms with van der Waals surface area (Å²) in [6.07, 6.45) is 2.50. The van der Waals surface area contributed by atoms with Gasteiger partial charge < -0.3 is 9.45 Å². The van der Waals surface area contributed by atoms with Crippen molar-refractivity contribution in [1.29, 1.82) is 0 Å². The zero-order valence-electron chi connectivity index (χ0n) is 10.1. The Labute approximate surface area is 105 Å². The van der Waals surface area contributed by atoms with E-state index in [-0.39, 0.29) is 5.75 Å². The molecule has 1 heterocycles. The van der Waals surface area contributed by atoms with Crippen LogP contribution in [-0.4, -0.2) is 21.9 Å². The van der Waals surface area contributed by atoms with Gasteiger partial charge in [-0.1, -0.05) is 19.1 Å². The van der Waals surface area contributed by atoms with Crippen LogP contribution < -0.4 is 4.90 Å². The second-order valence-corrected chi connectivity index (χ2v) is 5.73. The maximum atomic E-state index is 10.7. The van der Waals surface area contributed by atoms with Crippen LogP contribution >= 0.6 is 0 Å². The lowest BCUT2D eigenvalue weighted by Crippen LogP contribution is -2.32. The monoisotopic (exact) mass is 253 g/mol. The van der Waals surface area contributed by atoms with Crippen molar-refractivity contribution in [2.45, 2.75) is 25.5 Å². The van der Waals surface area contributed by atoms with E-state index in [2.05, 4.69) is 24.0 Å². The molecule has 1 aliphatic heterocycles. The van der Waals surface area contributed by atoms with Crippen molar-refractivity contribution in [2.24, 2.45) is 5.92 Å².